The zero-order valence-electron chi connectivity index (χ0n) is 14.9. The first kappa shape index (κ1) is 17.3. The molecule has 0 saturated carbocycles. The lowest BCUT2D eigenvalue weighted by Crippen LogP contribution is -2.43. The molecule has 5 nitrogen and oxygen atoms in total. The SMILES string of the molecule is COCCCN1C=CNC1c1cccc(CN2CCN(C)CC2)c1. The average Bonchev–Trinajstić information content (AvgIpc) is 3.06. The summed E-state index contributed by atoms with van der Waals surface area (Å²) in [6.07, 6.45) is 5.48. The van der Waals surface area contributed by atoms with Gasteiger partial charge in [0.2, 0.25) is 0 Å². The molecular formula is C19H30N4O. The largest absolute Gasteiger partial charge is 0.385 e. The second kappa shape index (κ2) is 8.51. The maximum absolute atomic E-state index is 5.17. The number of rotatable bonds is 7. The van der Waals surface area contributed by atoms with Crippen molar-refractivity contribution in [1.29, 1.82) is 0 Å². The van der Waals surface area contributed by atoms with Gasteiger partial charge in [0.1, 0.15) is 6.17 Å². The summed E-state index contributed by atoms with van der Waals surface area (Å²) in [4.78, 5) is 7.31. The van der Waals surface area contributed by atoms with Gasteiger partial charge in [-0.05, 0) is 24.6 Å². The number of nitrogens with zero attached hydrogens (tertiary/aromatic N) is 3. The molecule has 1 aromatic rings. The van der Waals surface area contributed by atoms with Crippen LogP contribution in [-0.4, -0.2) is 68.2 Å². The molecule has 0 amide bonds. The van der Waals surface area contributed by atoms with Gasteiger partial charge in [-0.25, -0.2) is 0 Å². The van der Waals surface area contributed by atoms with Crippen molar-refractivity contribution in [3.05, 3.63) is 47.8 Å². The van der Waals surface area contributed by atoms with Crippen molar-refractivity contribution < 1.29 is 4.74 Å². The smallest absolute Gasteiger partial charge is 0.125 e. The monoisotopic (exact) mass is 330 g/mol. The molecule has 5 heteroatoms. The zero-order chi connectivity index (χ0) is 16.8. The van der Waals surface area contributed by atoms with E-state index in [0.717, 1.165) is 39.2 Å². The van der Waals surface area contributed by atoms with E-state index in [-0.39, 0.29) is 6.17 Å². The highest BCUT2D eigenvalue weighted by molar-refractivity contribution is 5.27. The summed E-state index contributed by atoms with van der Waals surface area (Å²) in [5.41, 5.74) is 2.74. The van der Waals surface area contributed by atoms with Gasteiger partial charge in [0.05, 0.1) is 0 Å². The molecule has 132 valence electrons. The van der Waals surface area contributed by atoms with Crippen LogP contribution >= 0.6 is 0 Å². The Bertz CT molecular complexity index is 540. The van der Waals surface area contributed by atoms with Crippen molar-refractivity contribution in [2.24, 2.45) is 0 Å². The Hall–Kier alpha value is -1.56. The van der Waals surface area contributed by atoms with Gasteiger partial charge in [0.15, 0.2) is 0 Å². The summed E-state index contributed by atoms with van der Waals surface area (Å²) in [5.74, 6) is 0. The van der Waals surface area contributed by atoms with E-state index in [1.807, 2.05) is 6.20 Å². The molecule has 3 rings (SSSR count). The van der Waals surface area contributed by atoms with Crippen LogP contribution in [0.25, 0.3) is 0 Å². The number of piperazine rings is 1. The fraction of sp³-hybridized carbons (Fsp3) is 0.579. The van der Waals surface area contributed by atoms with Crippen LogP contribution < -0.4 is 5.32 Å². The summed E-state index contributed by atoms with van der Waals surface area (Å²) in [6, 6.07) is 9.02. The lowest BCUT2D eigenvalue weighted by Gasteiger charge is -2.32. The Morgan fingerprint density at radius 2 is 2.04 bits per heavy atom. The van der Waals surface area contributed by atoms with Gasteiger partial charge >= 0.3 is 0 Å². The molecule has 1 saturated heterocycles. The molecule has 1 N–H and O–H groups in total. The zero-order valence-corrected chi connectivity index (χ0v) is 14.9. The number of methoxy groups -OCH3 is 1. The van der Waals surface area contributed by atoms with E-state index in [4.69, 9.17) is 4.74 Å². The summed E-state index contributed by atoms with van der Waals surface area (Å²) in [7, 11) is 3.96. The van der Waals surface area contributed by atoms with Crippen LogP contribution in [-0.2, 0) is 11.3 Å². The first-order valence-corrected chi connectivity index (χ1v) is 8.93. The van der Waals surface area contributed by atoms with E-state index in [1.54, 1.807) is 7.11 Å². The summed E-state index contributed by atoms with van der Waals surface area (Å²) in [6.45, 7) is 7.51. The highest BCUT2D eigenvalue weighted by Gasteiger charge is 2.21. The molecule has 0 radical (unpaired) electrons. The molecule has 1 atom stereocenters. The second-order valence-corrected chi connectivity index (χ2v) is 6.79. The molecule has 0 aromatic heterocycles. The molecule has 1 aromatic carbocycles. The van der Waals surface area contributed by atoms with Crippen LogP contribution in [0.2, 0.25) is 0 Å². The predicted octanol–water partition coefficient (Wildman–Crippen LogP) is 1.85. The predicted molar refractivity (Wildman–Crippen MR) is 97.4 cm³/mol. The Labute approximate surface area is 145 Å². The fourth-order valence-electron chi connectivity index (χ4n) is 3.42. The molecular weight excluding hydrogens is 300 g/mol. The Balaban J connectivity index is 1.60. The molecule has 0 bridgehead atoms. The quantitative estimate of drug-likeness (QED) is 0.771. The van der Waals surface area contributed by atoms with E-state index in [2.05, 4.69) is 57.5 Å². The molecule has 1 unspecified atom stereocenters. The first-order chi connectivity index (χ1) is 11.8. The number of benzene rings is 1. The average molecular weight is 330 g/mol. The van der Waals surface area contributed by atoms with Gasteiger partial charge in [-0.1, -0.05) is 24.3 Å². The van der Waals surface area contributed by atoms with E-state index < -0.39 is 0 Å². The minimum atomic E-state index is 0.245. The molecule has 0 aliphatic carbocycles. The second-order valence-electron chi connectivity index (χ2n) is 6.79. The van der Waals surface area contributed by atoms with Crippen molar-refractivity contribution in [3.63, 3.8) is 0 Å². The third-order valence-corrected chi connectivity index (χ3v) is 4.89. The third kappa shape index (κ3) is 4.50. The van der Waals surface area contributed by atoms with Crippen LogP contribution in [0.15, 0.2) is 36.7 Å². The van der Waals surface area contributed by atoms with Crippen molar-refractivity contribution >= 4 is 0 Å². The molecule has 24 heavy (non-hydrogen) atoms. The highest BCUT2D eigenvalue weighted by Crippen LogP contribution is 2.24. The maximum atomic E-state index is 5.17. The fourth-order valence-corrected chi connectivity index (χ4v) is 3.42. The Morgan fingerprint density at radius 1 is 1.21 bits per heavy atom. The standard InChI is InChI=1S/C19H30N4O/c1-21-10-12-22(13-11-21)16-17-5-3-6-18(15-17)19-20-7-9-23(19)8-4-14-24-2/h3,5-7,9,15,19-20H,4,8,10-14,16H2,1-2H3. The minimum Gasteiger partial charge on any atom is -0.385 e. The van der Waals surface area contributed by atoms with Crippen LogP contribution in [0.1, 0.15) is 23.7 Å². The van der Waals surface area contributed by atoms with Gasteiger partial charge in [-0.15, -0.1) is 0 Å². The summed E-state index contributed by atoms with van der Waals surface area (Å²) >= 11 is 0. The van der Waals surface area contributed by atoms with Gasteiger partial charge in [0, 0.05) is 65.4 Å². The van der Waals surface area contributed by atoms with E-state index in [9.17, 15) is 0 Å². The highest BCUT2D eigenvalue weighted by atomic mass is 16.5. The Morgan fingerprint density at radius 3 is 2.83 bits per heavy atom. The number of ether oxygens (including phenoxy) is 1. The number of nitrogens with one attached hydrogen (secondary N) is 1. The van der Waals surface area contributed by atoms with Crippen molar-refractivity contribution in [1.82, 2.24) is 20.0 Å². The van der Waals surface area contributed by atoms with Gasteiger partial charge in [0.25, 0.3) is 0 Å². The molecule has 1 fully saturated rings. The normalized spacial score (nSPS) is 22.1. The van der Waals surface area contributed by atoms with Gasteiger partial charge in [-0.2, -0.15) is 0 Å². The summed E-state index contributed by atoms with van der Waals surface area (Å²) in [5, 5.41) is 3.47. The van der Waals surface area contributed by atoms with Crippen molar-refractivity contribution in [2.45, 2.75) is 19.1 Å². The number of hydrogen-bond acceptors (Lipinski definition) is 5. The van der Waals surface area contributed by atoms with E-state index in [0.29, 0.717) is 0 Å². The number of likely N-dealkylation sites (N-methyl/N-ethyl adjacent to an activating group) is 1. The third-order valence-electron chi connectivity index (χ3n) is 4.89. The summed E-state index contributed by atoms with van der Waals surface area (Å²) < 4.78 is 5.17. The van der Waals surface area contributed by atoms with Gasteiger partial charge in [-0.3, -0.25) is 4.90 Å². The van der Waals surface area contributed by atoms with Crippen molar-refractivity contribution in [3.8, 4) is 0 Å². The molecule has 0 spiro atoms. The van der Waals surface area contributed by atoms with Crippen LogP contribution in [0.5, 0.6) is 0 Å². The van der Waals surface area contributed by atoms with Crippen molar-refractivity contribution in [2.75, 3.05) is 53.5 Å². The van der Waals surface area contributed by atoms with E-state index in [1.165, 1.54) is 24.2 Å². The van der Waals surface area contributed by atoms with Crippen LogP contribution in [0, 0.1) is 0 Å². The lowest BCUT2D eigenvalue weighted by atomic mass is 10.1. The minimum absolute atomic E-state index is 0.245. The van der Waals surface area contributed by atoms with E-state index >= 15 is 0 Å². The first-order valence-electron chi connectivity index (χ1n) is 8.93. The maximum Gasteiger partial charge on any atom is 0.125 e. The topological polar surface area (TPSA) is 31.0 Å². The molecule has 2 aliphatic heterocycles. The van der Waals surface area contributed by atoms with Crippen LogP contribution in [0.4, 0.5) is 0 Å². The molecule has 2 heterocycles. The van der Waals surface area contributed by atoms with Gasteiger partial charge < -0.3 is 19.9 Å². The number of hydrogen-bond donors (Lipinski definition) is 1. The Kier molecular flexibility index (Phi) is 6.12. The van der Waals surface area contributed by atoms with Crippen LogP contribution in [0.3, 0.4) is 0 Å². The molecule has 2 aliphatic rings. The lowest BCUT2D eigenvalue weighted by molar-refractivity contribution is 0.148.